The minimum atomic E-state index is 0.865. The summed E-state index contributed by atoms with van der Waals surface area (Å²) in [5, 5.41) is 3.44. The second kappa shape index (κ2) is 16.1. The van der Waals surface area contributed by atoms with Crippen LogP contribution in [-0.2, 0) is 0 Å². The van der Waals surface area contributed by atoms with Crippen LogP contribution in [0.1, 0.15) is 0 Å². The molecule has 0 amide bonds. The van der Waals surface area contributed by atoms with Crippen molar-refractivity contribution >= 4 is 38.8 Å². The number of hydrogen-bond donors (Lipinski definition) is 0. The van der Waals surface area contributed by atoms with E-state index in [4.69, 9.17) is 4.42 Å². The van der Waals surface area contributed by atoms with Crippen molar-refractivity contribution in [2.45, 2.75) is 0 Å². The molecule has 0 N–H and O–H groups in total. The highest BCUT2D eigenvalue weighted by Crippen LogP contribution is 2.46. The van der Waals surface area contributed by atoms with E-state index in [9.17, 15) is 0 Å². The van der Waals surface area contributed by atoms with Crippen LogP contribution in [-0.4, -0.2) is 0 Å². The number of hydrogen-bond acceptors (Lipinski definition) is 2. The number of fused-ring (bicyclic) bond motifs is 2. The molecule has 11 aromatic rings. The average Bonchev–Trinajstić information content (AvgIpc) is 3.80. The molecule has 0 aliphatic carbocycles. The number of anilines is 3. The van der Waals surface area contributed by atoms with Crippen molar-refractivity contribution in [3.63, 3.8) is 0 Å². The first kappa shape index (κ1) is 36.8. The number of para-hydroxylation sites is 2. The van der Waals surface area contributed by atoms with E-state index in [0.29, 0.717) is 0 Å². The molecule has 0 fully saturated rings. The van der Waals surface area contributed by atoms with E-state index in [1.165, 1.54) is 44.3 Å². The molecule has 0 radical (unpaired) electrons. The van der Waals surface area contributed by atoms with Crippen molar-refractivity contribution in [3.05, 3.63) is 249 Å². The first-order chi connectivity index (χ1) is 30.8. The highest BCUT2D eigenvalue weighted by molar-refractivity contribution is 6.07. The van der Waals surface area contributed by atoms with Gasteiger partial charge in [-0.2, -0.15) is 0 Å². The van der Waals surface area contributed by atoms with Gasteiger partial charge in [0.15, 0.2) is 0 Å². The lowest BCUT2D eigenvalue weighted by Gasteiger charge is -2.30. The van der Waals surface area contributed by atoms with E-state index in [1.807, 2.05) is 18.2 Å². The average molecular weight is 792 g/mol. The Labute approximate surface area is 362 Å². The van der Waals surface area contributed by atoms with Crippen LogP contribution in [0.15, 0.2) is 253 Å². The van der Waals surface area contributed by atoms with Crippen LogP contribution in [0.2, 0.25) is 0 Å². The summed E-state index contributed by atoms with van der Waals surface area (Å²) in [6.45, 7) is 0. The Balaban J connectivity index is 1.05. The smallest absolute Gasteiger partial charge is 0.135 e. The summed E-state index contributed by atoms with van der Waals surface area (Å²) < 4.78 is 6.31. The molecule has 0 saturated carbocycles. The maximum absolute atomic E-state index is 6.31. The van der Waals surface area contributed by atoms with Crippen molar-refractivity contribution in [1.29, 1.82) is 0 Å². The highest BCUT2D eigenvalue weighted by Gasteiger charge is 2.21. The van der Waals surface area contributed by atoms with Crippen molar-refractivity contribution in [1.82, 2.24) is 0 Å². The van der Waals surface area contributed by atoms with E-state index in [-0.39, 0.29) is 0 Å². The van der Waals surface area contributed by atoms with Gasteiger partial charge in [-0.05, 0) is 97.9 Å². The molecule has 0 atom stereocenters. The number of furan rings is 1. The largest absolute Gasteiger partial charge is 0.456 e. The van der Waals surface area contributed by atoms with Gasteiger partial charge in [0.25, 0.3) is 0 Å². The van der Waals surface area contributed by atoms with Gasteiger partial charge in [0, 0.05) is 27.6 Å². The fraction of sp³-hybridized carbons (Fsp3) is 0. The monoisotopic (exact) mass is 791 g/mol. The van der Waals surface area contributed by atoms with Gasteiger partial charge in [-0.25, -0.2) is 0 Å². The summed E-state index contributed by atoms with van der Waals surface area (Å²) in [7, 11) is 0. The Morgan fingerprint density at radius 3 is 1.48 bits per heavy atom. The zero-order chi connectivity index (χ0) is 41.2. The Morgan fingerprint density at radius 2 is 0.790 bits per heavy atom. The molecule has 0 spiro atoms. The SMILES string of the molecule is c1ccc(-c2ccccc2-c2ccccc2-c2ccc(N(c3ccccc3-c3ccccc3)c3ccc(-c4cccc(-c5cc6ccccc6o5)c4)c4ccccc34)cc2)cc1. The summed E-state index contributed by atoms with van der Waals surface area (Å²) in [6, 6.07) is 89.1. The molecule has 292 valence electrons. The zero-order valence-corrected chi connectivity index (χ0v) is 34.0. The summed E-state index contributed by atoms with van der Waals surface area (Å²) in [5.41, 5.74) is 17.1. The van der Waals surface area contributed by atoms with E-state index in [0.717, 1.165) is 61.4 Å². The zero-order valence-electron chi connectivity index (χ0n) is 34.0. The summed E-state index contributed by atoms with van der Waals surface area (Å²) in [4.78, 5) is 2.43. The first-order valence-electron chi connectivity index (χ1n) is 21.2. The molecule has 0 unspecified atom stereocenters. The molecule has 1 aromatic heterocycles. The quantitative estimate of drug-likeness (QED) is 0.145. The number of nitrogens with zero attached hydrogens (tertiary/aromatic N) is 1. The van der Waals surface area contributed by atoms with Crippen LogP contribution in [0.4, 0.5) is 17.1 Å². The predicted octanol–water partition coefficient (Wildman–Crippen LogP) is 17.1. The van der Waals surface area contributed by atoms with Gasteiger partial charge >= 0.3 is 0 Å². The summed E-state index contributed by atoms with van der Waals surface area (Å²) >= 11 is 0. The minimum Gasteiger partial charge on any atom is -0.456 e. The number of benzene rings is 10. The van der Waals surface area contributed by atoms with Crippen LogP contribution >= 0.6 is 0 Å². The molecule has 0 aliphatic heterocycles. The third-order valence-corrected chi connectivity index (χ3v) is 11.9. The molecule has 0 saturated heterocycles. The normalized spacial score (nSPS) is 11.2. The molecule has 2 nitrogen and oxygen atoms in total. The number of rotatable bonds is 9. The van der Waals surface area contributed by atoms with E-state index < -0.39 is 0 Å². The predicted molar refractivity (Wildman–Crippen MR) is 261 cm³/mol. The third kappa shape index (κ3) is 6.84. The first-order valence-corrected chi connectivity index (χ1v) is 21.2. The molecule has 11 rings (SSSR count). The lowest BCUT2D eigenvalue weighted by atomic mass is 9.89. The van der Waals surface area contributed by atoms with Crippen molar-refractivity contribution in [2.24, 2.45) is 0 Å². The van der Waals surface area contributed by atoms with Crippen LogP contribution in [0.25, 0.3) is 88.7 Å². The van der Waals surface area contributed by atoms with Crippen LogP contribution in [0, 0.1) is 0 Å². The third-order valence-electron chi connectivity index (χ3n) is 11.9. The van der Waals surface area contributed by atoms with Crippen molar-refractivity contribution in [2.75, 3.05) is 4.90 Å². The fourth-order valence-corrected chi connectivity index (χ4v) is 8.98. The van der Waals surface area contributed by atoms with Crippen molar-refractivity contribution in [3.8, 4) is 67.0 Å². The summed E-state index contributed by atoms with van der Waals surface area (Å²) in [5.74, 6) is 0.865. The Hall–Kier alpha value is -8.20. The van der Waals surface area contributed by atoms with Gasteiger partial charge in [0.1, 0.15) is 11.3 Å². The molecule has 2 heteroatoms. The second-order valence-electron chi connectivity index (χ2n) is 15.6. The Bertz CT molecular complexity index is 3310. The molecule has 0 bridgehead atoms. The molecular weight excluding hydrogens is 751 g/mol. The van der Waals surface area contributed by atoms with Gasteiger partial charge < -0.3 is 9.32 Å². The second-order valence-corrected chi connectivity index (χ2v) is 15.6. The van der Waals surface area contributed by atoms with Crippen LogP contribution in [0.3, 0.4) is 0 Å². The van der Waals surface area contributed by atoms with Crippen LogP contribution < -0.4 is 4.90 Å². The maximum Gasteiger partial charge on any atom is 0.135 e. The molecular formula is C60H41NO. The molecule has 10 aromatic carbocycles. The van der Waals surface area contributed by atoms with E-state index in [1.54, 1.807) is 0 Å². The van der Waals surface area contributed by atoms with E-state index >= 15 is 0 Å². The lowest BCUT2D eigenvalue weighted by molar-refractivity contribution is 0.631. The molecule has 62 heavy (non-hydrogen) atoms. The van der Waals surface area contributed by atoms with E-state index in [2.05, 4.69) is 235 Å². The maximum atomic E-state index is 6.31. The molecule has 1 heterocycles. The standard InChI is InChI=1S/C60H41NO/c1-3-18-42(19-4-1)49-25-8-10-28-53(49)54-29-11-9-26-50(54)44-34-36-48(37-35-44)61(57-32-15-14-27-52(57)43-20-5-2-6-21-43)58-39-38-51(55-30-12-13-31-56(55)58)45-23-17-24-46(40-45)60-41-47-22-7-16-33-59(47)62-60/h1-41H. The highest BCUT2D eigenvalue weighted by atomic mass is 16.3. The fourth-order valence-electron chi connectivity index (χ4n) is 8.98. The summed E-state index contributed by atoms with van der Waals surface area (Å²) in [6.07, 6.45) is 0. The van der Waals surface area contributed by atoms with Gasteiger partial charge in [-0.3, -0.25) is 0 Å². The van der Waals surface area contributed by atoms with Gasteiger partial charge in [-0.15, -0.1) is 0 Å². The Morgan fingerprint density at radius 1 is 0.274 bits per heavy atom. The Kier molecular flexibility index (Phi) is 9.57. The van der Waals surface area contributed by atoms with Gasteiger partial charge in [0.05, 0.1) is 11.4 Å². The van der Waals surface area contributed by atoms with Crippen molar-refractivity contribution < 1.29 is 4.42 Å². The topological polar surface area (TPSA) is 16.4 Å². The minimum absolute atomic E-state index is 0.865. The van der Waals surface area contributed by atoms with Gasteiger partial charge in [-0.1, -0.05) is 206 Å². The van der Waals surface area contributed by atoms with Gasteiger partial charge in [0.2, 0.25) is 0 Å². The lowest BCUT2D eigenvalue weighted by Crippen LogP contribution is -2.12. The molecule has 0 aliphatic rings. The van der Waals surface area contributed by atoms with Crippen LogP contribution in [0.5, 0.6) is 0 Å².